The standard InChI is InChI=1S/C16H19N3/c1-2-6-13(7-3-1)10-11-17-16-18-12-14-8-4-5-9-15(14)19-16/h4-6,8-9,12H,1-3,7,10-11H2,(H,17,18,19). The van der Waals surface area contributed by atoms with Gasteiger partial charge in [-0.1, -0.05) is 29.8 Å². The van der Waals surface area contributed by atoms with Gasteiger partial charge in [0.05, 0.1) is 5.52 Å². The van der Waals surface area contributed by atoms with Crippen LogP contribution in [0, 0.1) is 0 Å². The van der Waals surface area contributed by atoms with Gasteiger partial charge in [0.15, 0.2) is 0 Å². The largest absolute Gasteiger partial charge is 0.354 e. The lowest BCUT2D eigenvalue weighted by atomic mass is 9.97. The number of para-hydroxylation sites is 1. The van der Waals surface area contributed by atoms with Crippen molar-refractivity contribution in [1.82, 2.24) is 9.97 Å². The first-order chi connectivity index (χ1) is 9.42. The lowest BCUT2D eigenvalue weighted by molar-refractivity contribution is 0.679. The molecule has 19 heavy (non-hydrogen) atoms. The van der Waals surface area contributed by atoms with Crippen molar-refractivity contribution in [1.29, 1.82) is 0 Å². The van der Waals surface area contributed by atoms with E-state index in [1.54, 1.807) is 5.57 Å². The highest BCUT2D eigenvalue weighted by molar-refractivity contribution is 5.78. The van der Waals surface area contributed by atoms with E-state index < -0.39 is 0 Å². The average molecular weight is 253 g/mol. The molecule has 3 rings (SSSR count). The zero-order valence-corrected chi connectivity index (χ0v) is 11.1. The molecule has 0 radical (unpaired) electrons. The lowest BCUT2D eigenvalue weighted by Gasteiger charge is -2.12. The van der Waals surface area contributed by atoms with Crippen LogP contribution in [0.2, 0.25) is 0 Å². The Morgan fingerprint density at radius 3 is 3.00 bits per heavy atom. The number of fused-ring (bicyclic) bond motifs is 1. The van der Waals surface area contributed by atoms with Crippen molar-refractivity contribution in [2.24, 2.45) is 0 Å². The molecule has 1 aromatic carbocycles. The second-order valence-corrected chi connectivity index (χ2v) is 5.04. The summed E-state index contributed by atoms with van der Waals surface area (Å²) in [5.74, 6) is 0.732. The second-order valence-electron chi connectivity index (χ2n) is 5.04. The zero-order valence-electron chi connectivity index (χ0n) is 11.1. The van der Waals surface area contributed by atoms with Crippen LogP contribution >= 0.6 is 0 Å². The number of hydrogen-bond donors (Lipinski definition) is 1. The van der Waals surface area contributed by atoms with E-state index >= 15 is 0 Å². The minimum atomic E-state index is 0.732. The third-order valence-electron chi connectivity index (χ3n) is 3.60. The van der Waals surface area contributed by atoms with E-state index in [0.29, 0.717) is 0 Å². The first-order valence-electron chi connectivity index (χ1n) is 7.05. The molecule has 1 aliphatic carbocycles. The van der Waals surface area contributed by atoms with Crippen LogP contribution in [-0.4, -0.2) is 16.5 Å². The smallest absolute Gasteiger partial charge is 0.223 e. The Bertz CT molecular complexity index is 589. The Hall–Kier alpha value is -1.90. The molecule has 0 saturated carbocycles. The minimum Gasteiger partial charge on any atom is -0.354 e. The SMILES string of the molecule is C1=C(CCNc2ncc3ccccc3n2)CCCC1. The van der Waals surface area contributed by atoms with Gasteiger partial charge < -0.3 is 5.32 Å². The quantitative estimate of drug-likeness (QED) is 0.839. The van der Waals surface area contributed by atoms with Gasteiger partial charge in [-0.2, -0.15) is 0 Å². The molecule has 0 atom stereocenters. The third kappa shape index (κ3) is 3.11. The van der Waals surface area contributed by atoms with Gasteiger partial charge in [-0.15, -0.1) is 0 Å². The fourth-order valence-electron chi connectivity index (χ4n) is 2.52. The van der Waals surface area contributed by atoms with Crippen molar-refractivity contribution in [3.8, 4) is 0 Å². The Labute approximate surface area is 113 Å². The van der Waals surface area contributed by atoms with Crippen molar-refractivity contribution < 1.29 is 0 Å². The highest BCUT2D eigenvalue weighted by atomic mass is 15.1. The molecule has 1 aromatic heterocycles. The maximum atomic E-state index is 4.52. The van der Waals surface area contributed by atoms with Crippen LogP contribution < -0.4 is 5.32 Å². The molecule has 2 aromatic rings. The molecule has 98 valence electrons. The molecule has 0 fully saturated rings. The van der Waals surface area contributed by atoms with Crippen molar-refractivity contribution in [3.63, 3.8) is 0 Å². The van der Waals surface area contributed by atoms with Gasteiger partial charge in [-0.05, 0) is 38.2 Å². The fourth-order valence-corrected chi connectivity index (χ4v) is 2.52. The summed E-state index contributed by atoms with van der Waals surface area (Å²) in [5, 5.41) is 4.41. The molecule has 1 N–H and O–H groups in total. The Kier molecular flexibility index (Phi) is 3.73. The van der Waals surface area contributed by atoms with Gasteiger partial charge in [0.2, 0.25) is 5.95 Å². The predicted molar refractivity (Wildman–Crippen MR) is 79.2 cm³/mol. The number of aromatic nitrogens is 2. The number of allylic oxidation sites excluding steroid dienone is 1. The van der Waals surface area contributed by atoms with E-state index in [1.165, 1.54) is 25.7 Å². The van der Waals surface area contributed by atoms with E-state index in [9.17, 15) is 0 Å². The van der Waals surface area contributed by atoms with Crippen LogP contribution in [0.5, 0.6) is 0 Å². The summed E-state index contributed by atoms with van der Waals surface area (Å²) in [6, 6.07) is 8.07. The fraction of sp³-hybridized carbons (Fsp3) is 0.375. The number of anilines is 1. The van der Waals surface area contributed by atoms with Crippen LogP contribution in [0.25, 0.3) is 10.9 Å². The van der Waals surface area contributed by atoms with Gasteiger partial charge in [0.1, 0.15) is 0 Å². The normalized spacial score (nSPS) is 15.3. The Morgan fingerprint density at radius 1 is 1.16 bits per heavy atom. The molecule has 0 saturated heterocycles. The van der Waals surface area contributed by atoms with E-state index in [4.69, 9.17) is 0 Å². The first-order valence-corrected chi connectivity index (χ1v) is 7.05. The molecule has 1 heterocycles. The molecule has 0 amide bonds. The Balaban J connectivity index is 1.60. The van der Waals surface area contributed by atoms with Crippen LogP contribution in [-0.2, 0) is 0 Å². The zero-order chi connectivity index (χ0) is 12.9. The van der Waals surface area contributed by atoms with Crippen LogP contribution in [0.3, 0.4) is 0 Å². The number of rotatable bonds is 4. The summed E-state index contributed by atoms with van der Waals surface area (Å²) >= 11 is 0. The van der Waals surface area contributed by atoms with Crippen molar-refractivity contribution in [2.75, 3.05) is 11.9 Å². The maximum absolute atomic E-state index is 4.52. The molecule has 0 aliphatic heterocycles. The van der Waals surface area contributed by atoms with Gasteiger partial charge in [0, 0.05) is 18.1 Å². The van der Waals surface area contributed by atoms with Gasteiger partial charge in [-0.3, -0.25) is 0 Å². The third-order valence-corrected chi connectivity index (χ3v) is 3.60. The Morgan fingerprint density at radius 2 is 2.11 bits per heavy atom. The summed E-state index contributed by atoms with van der Waals surface area (Å²) in [6.45, 7) is 0.921. The van der Waals surface area contributed by atoms with Gasteiger partial charge >= 0.3 is 0 Å². The molecule has 3 heteroatoms. The molecule has 0 bridgehead atoms. The lowest BCUT2D eigenvalue weighted by Crippen LogP contribution is -2.07. The van der Waals surface area contributed by atoms with Crippen LogP contribution in [0.4, 0.5) is 5.95 Å². The number of nitrogens with one attached hydrogen (secondary N) is 1. The van der Waals surface area contributed by atoms with E-state index in [2.05, 4.69) is 21.4 Å². The molecule has 0 unspecified atom stereocenters. The molecule has 3 nitrogen and oxygen atoms in total. The van der Waals surface area contributed by atoms with Crippen LogP contribution in [0.15, 0.2) is 42.1 Å². The highest BCUT2D eigenvalue weighted by Crippen LogP contribution is 2.20. The van der Waals surface area contributed by atoms with Crippen molar-refractivity contribution >= 4 is 16.9 Å². The predicted octanol–water partition coefficient (Wildman–Crippen LogP) is 3.93. The van der Waals surface area contributed by atoms with Crippen molar-refractivity contribution in [3.05, 3.63) is 42.1 Å². The topological polar surface area (TPSA) is 37.8 Å². The monoisotopic (exact) mass is 253 g/mol. The average Bonchev–Trinajstić information content (AvgIpc) is 2.48. The summed E-state index contributed by atoms with van der Waals surface area (Å²) in [7, 11) is 0. The molecule has 1 aliphatic rings. The minimum absolute atomic E-state index is 0.732. The summed E-state index contributed by atoms with van der Waals surface area (Å²) in [5.41, 5.74) is 2.58. The summed E-state index contributed by atoms with van der Waals surface area (Å²) in [4.78, 5) is 8.86. The summed E-state index contributed by atoms with van der Waals surface area (Å²) < 4.78 is 0. The first kappa shape index (κ1) is 12.2. The van der Waals surface area contributed by atoms with E-state index in [1.807, 2.05) is 30.5 Å². The number of hydrogen-bond acceptors (Lipinski definition) is 3. The van der Waals surface area contributed by atoms with E-state index in [0.717, 1.165) is 29.8 Å². The maximum Gasteiger partial charge on any atom is 0.223 e. The summed E-state index contributed by atoms with van der Waals surface area (Å²) in [6.07, 6.45) is 10.6. The van der Waals surface area contributed by atoms with Crippen molar-refractivity contribution in [2.45, 2.75) is 32.1 Å². The molecular weight excluding hydrogens is 234 g/mol. The molecule has 0 spiro atoms. The number of nitrogens with zero attached hydrogens (tertiary/aromatic N) is 2. The van der Waals surface area contributed by atoms with Crippen LogP contribution in [0.1, 0.15) is 32.1 Å². The second kappa shape index (κ2) is 5.83. The van der Waals surface area contributed by atoms with Gasteiger partial charge in [-0.25, -0.2) is 9.97 Å². The van der Waals surface area contributed by atoms with E-state index in [-0.39, 0.29) is 0 Å². The number of benzene rings is 1. The van der Waals surface area contributed by atoms with Gasteiger partial charge in [0.25, 0.3) is 0 Å². The molecular formula is C16H19N3. The highest BCUT2D eigenvalue weighted by Gasteiger charge is 2.04.